The Morgan fingerprint density at radius 2 is 1.72 bits per heavy atom. The van der Waals surface area contributed by atoms with Crippen LogP contribution >= 0.6 is 34.8 Å². The lowest BCUT2D eigenvalue weighted by atomic mass is 10.2. The van der Waals surface area contributed by atoms with Crippen LogP contribution in [0, 0.1) is 13.8 Å². The van der Waals surface area contributed by atoms with Gasteiger partial charge in [0, 0.05) is 10.6 Å². The van der Waals surface area contributed by atoms with Crippen LogP contribution in [0.4, 0.5) is 0 Å². The van der Waals surface area contributed by atoms with E-state index >= 15 is 0 Å². The van der Waals surface area contributed by atoms with Gasteiger partial charge in [0.1, 0.15) is 5.75 Å². The first kappa shape index (κ1) is 13.4. The Bertz CT molecular complexity index is 602. The third kappa shape index (κ3) is 2.69. The molecule has 0 aliphatic carbocycles. The van der Waals surface area contributed by atoms with Gasteiger partial charge in [-0.2, -0.15) is 0 Å². The molecule has 0 spiro atoms. The van der Waals surface area contributed by atoms with Gasteiger partial charge in [0.25, 0.3) is 0 Å². The van der Waals surface area contributed by atoms with Crippen molar-refractivity contribution < 1.29 is 4.74 Å². The van der Waals surface area contributed by atoms with Crippen LogP contribution in [0.15, 0.2) is 18.2 Å². The molecule has 0 aliphatic rings. The van der Waals surface area contributed by atoms with E-state index in [9.17, 15) is 0 Å². The zero-order valence-electron chi connectivity index (χ0n) is 9.67. The summed E-state index contributed by atoms with van der Waals surface area (Å²) in [5.74, 6) is 0.848. The maximum absolute atomic E-state index is 6.02. The number of rotatable bonds is 2. The first-order valence-electron chi connectivity index (χ1n) is 5.11. The number of ether oxygens (including phenoxy) is 1. The quantitative estimate of drug-likeness (QED) is 0.795. The molecule has 1 aromatic heterocycles. The minimum Gasteiger partial charge on any atom is -0.436 e. The fraction of sp³-hybridized carbons (Fsp3) is 0.167. The molecule has 0 amide bonds. The number of hydrogen-bond acceptors (Lipinski definition) is 3. The summed E-state index contributed by atoms with van der Waals surface area (Å²) in [6.45, 7) is 3.71. The van der Waals surface area contributed by atoms with Crippen molar-refractivity contribution in [1.82, 2.24) is 10.2 Å². The largest absolute Gasteiger partial charge is 0.436 e. The highest BCUT2D eigenvalue weighted by atomic mass is 35.5. The Labute approximate surface area is 120 Å². The van der Waals surface area contributed by atoms with Crippen LogP contribution in [-0.4, -0.2) is 10.2 Å². The molecule has 94 valence electrons. The third-order valence-corrected chi connectivity index (χ3v) is 3.41. The minimum atomic E-state index is 0.363. The number of benzene rings is 1. The van der Waals surface area contributed by atoms with Gasteiger partial charge >= 0.3 is 0 Å². The second-order valence-corrected chi connectivity index (χ2v) is 4.92. The molecule has 0 aliphatic heterocycles. The van der Waals surface area contributed by atoms with Crippen molar-refractivity contribution in [3.63, 3.8) is 0 Å². The Balaban J connectivity index is 2.37. The standard InChI is InChI=1S/C12H9Cl3N2O/c1-6-7(2)12(17-16-11(6)15)18-10-4-3-8(13)5-9(10)14/h3-5H,1-2H3. The molecule has 0 saturated carbocycles. The first-order chi connectivity index (χ1) is 8.49. The maximum Gasteiger partial charge on any atom is 0.242 e. The molecule has 0 unspecified atom stereocenters. The summed E-state index contributed by atoms with van der Waals surface area (Å²) < 4.78 is 5.61. The van der Waals surface area contributed by atoms with Crippen LogP contribution in [-0.2, 0) is 0 Å². The molecule has 0 N–H and O–H groups in total. The van der Waals surface area contributed by atoms with Gasteiger partial charge in [0.15, 0.2) is 5.15 Å². The molecule has 2 aromatic rings. The normalized spacial score (nSPS) is 10.5. The highest BCUT2D eigenvalue weighted by molar-refractivity contribution is 6.35. The van der Waals surface area contributed by atoms with Crippen LogP contribution in [0.1, 0.15) is 11.1 Å². The average molecular weight is 304 g/mol. The van der Waals surface area contributed by atoms with Gasteiger partial charge in [-0.05, 0) is 37.6 Å². The highest BCUT2D eigenvalue weighted by Gasteiger charge is 2.12. The fourth-order valence-electron chi connectivity index (χ4n) is 1.31. The van der Waals surface area contributed by atoms with Gasteiger partial charge in [-0.15, -0.1) is 10.2 Å². The zero-order chi connectivity index (χ0) is 13.3. The predicted molar refractivity (Wildman–Crippen MR) is 73.1 cm³/mol. The van der Waals surface area contributed by atoms with Crippen molar-refractivity contribution in [2.75, 3.05) is 0 Å². The molecule has 0 bridgehead atoms. The van der Waals surface area contributed by atoms with Crippen LogP contribution in [0.2, 0.25) is 15.2 Å². The number of hydrogen-bond donors (Lipinski definition) is 0. The first-order valence-corrected chi connectivity index (χ1v) is 6.24. The minimum absolute atomic E-state index is 0.363. The Morgan fingerprint density at radius 3 is 2.39 bits per heavy atom. The van der Waals surface area contributed by atoms with E-state index in [1.807, 2.05) is 13.8 Å². The van der Waals surface area contributed by atoms with Gasteiger partial charge in [-0.25, -0.2) is 0 Å². The summed E-state index contributed by atoms with van der Waals surface area (Å²) in [5.41, 5.74) is 1.65. The SMILES string of the molecule is Cc1c(Cl)nnc(Oc2ccc(Cl)cc2Cl)c1C. The van der Waals surface area contributed by atoms with E-state index in [4.69, 9.17) is 39.5 Å². The van der Waals surface area contributed by atoms with E-state index in [-0.39, 0.29) is 0 Å². The van der Waals surface area contributed by atoms with E-state index in [1.54, 1.807) is 18.2 Å². The monoisotopic (exact) mass is 302 g/mol. The van der Waals surface area contributed by atoms with Gasteiger partial charge in [0.05, 0.1) is 5.02 Å². The summed E-state index contributed by atoms with van der Waals surface area (Å²) in [7, 11) is 0. The Hall–Kier alpha value is -1.03. The molecule has 2 rings (SSSR count). The average Bonchev–Trinajstić information content (AvgIpc) is 2.33. The van der Waals surface area contributed by atoms with Gasteiger partial charge < -0.3 is 4.74 Å². The topological polar surface area (TPSA) is 35.0 Å². The van der Waals surface area contributed by atoms with Crippen molar-refractivity contribution in [2.24, 2.45) is 0 Å². The molecular formula is C12H9Cl3N2O. The predicted octanol–water partition coefficient (Wildman–Crippen LogP) is 4.85. The molecule has 0 fully saturated rings. The molecule has 18 heavy (non-hydrogen) atoms. The number of halogens is 3. The molecular weight excluding hydrogens is 295 g/mol. The van der Waals surface area contributed by atoms with Crippen molar-refractivity contribution in [3.8, 4) is 11.6 Å². The zero-order valence-corrected chi connectivity index (χ0v) is 11.9. The van der Waals surface area contributed by atoms with Crippen LogP contribution in [0.25, 0.3) is 0 Å². The summed E-state index contributed by atoms with van der Waals surface area (Å²) in [6.07, 6.45) is 0. The van der Waals surface area contributed by atoms with Crippen molar-refractivity contribution in [3.05, 3.63) is 44.5 Å². The van der Waals surface area contributed by atoms with Gasteiger partial charge in [-0.3, -0.25) is 0 Å². The lowest BCUT2D eigenvalue weighted by Crippen LogP contribution is -1.97. The summed E-state index contributed by atoms with van der Waals surface area (Å²) in [4.78, 5) is 0. The lowest BCUT2D eigenvalue weighted by molar-refractivity contribution is 0.450. The summed E-state index contributed by atoms with van der Waals surface area (Å²) >= 11 is 17.7. The molecule has 3 nitrogen and oxygen atoms in total. The highest BCUT2D eigenvalue weighted by Crippen LogP contribution is 2.33. The van der Waals surface area contributed by atoms with Crippen molar-refractivity contribution in [2.45, 2.75) is 13.8 Å². The van der Waals surface area contributed by atoms with Crippen LogP contribution in [0.5, 0.6) is 11.6 Å². The molecule has 0 saturated heterocycles. The van der Waals surface area contributed by atoms with Crippen LogP contribution < -0.4 is 4.74 Å². The van der Waals surface area contributed by atoms with E-state index in [0.29, 0.717) is 26.8 Å². The third-order valence-electron chi connectivity index (χ3n) is 2.52. The van der Waals surface area contributed by atoms with Crippen LogP contribution in [0.3, 0.4) is 0 Å². The molecule has 0 atom stereocenters. The maximum atomic E-state index is 6.02. The summed E-state index contributed by atoms with van der Waals surface area (Å²) in [5, 5.41) is 9.03. The van der Waals surface area contributed by atoms with Gasteiger partial charge in [-0.1, -0.05) is 34.8 Å². The molecule has 0 radical (unpaired) electrons. The lowest BCUT2D eigenvalue weighted by Gasteiger charge is -2.10. The van der Waals surface area contributed by atoms with E-state index in [1.165, 1.54) is 0 Å². The molecule has 1 heterocycles. The van der Waals surface area contributed by atoms with Gasteiger partial charge in [0.2, 0.25) is 5.88 Å². The van der Waals surface area contributed by atoms with E-state index in [2.05, 4.69) is 10.2 Å². The van der Waals surface area contributed by atoms with Crippen molar-refractivity contribution in [1.29, 1.82) is 0 Å². The Morgan fingerprint density at radius 1 is 1.00 bits per heavy atom. The number of nitrogens with zero attached hydrogens (tertiary/aromatic N) is 2. The summed E-state index contributed by atoms with van der Waals surface area (Å²) in [6, 6.07) is 4.97. The molecule has 1 aromatic carbocycles. The number of aromatic nitrogens is 2. The van der Waals surface area contributed by atoms with E-state index in [0.717, 1.165) is 11.1 Å². The smallest absolute Gasteiger partial charge is 0.242 e. The fourth-order valence-corrected chi connectivity index (χ4v) is 1.94. The van der Waals surface area contributed by atoms with Crippen molar-refractivity contribution >= 4 is 34.8 Å². The van der Waals surface area contributed by atoms with E-state index < -0.39 is 0 Å². The second kappa shape index (κ2) is 5.31. The Kier molecular flexibility index (Phi) is 3.95. The second-order valence-electron chi connectivity index (χ2n) is 3.72. The molecule has 6 heteroatoms.